The molecular formula is C10H9ClFN. The Hall–Kier alpha value is -1.07. The molecule has 1 rings (SSSR count). The number of nitrogens with zero attached hydrogens (tertiary/aromatic N) is 1. The van der Waals surface area contributed by atoms with E-state index in [0.29, 0.717) is 5.56 Å². The summed E-state index contributed by atoms with van der Waals surface area (Å²) >= 11 is 5.70. The number of nitriles is 1. The van der Waals surface area contributed by atoms with Gasteiger partial charge in [-0.15, -0.1) is 0 Å². The second-order valence-corrected chi connectivity index (χ2v) is 3.30. The molecule has 1 aromatic rings. The van der Waals surface area contributed by atoms with E-state index >= 15 is 0 Å². The third kappa shape index (κ3) is 1.81. The monoisotopic (exact) mass is 197 g/mol. The lowest BCUT2D eigenvalue weighted by Crippen LogP contribution is -1.95. The van der Waals surface area contributed by atoms with Gasteiger partial charge in [-0.2, -0.15) is 5.26 Å². The topological polar surface area (TPSA) is 23.8 Å². The first kappa shape index (κ1) is 10.0. The fourth-order valence-electron chi connectivity index (χ4n) is 1.21. The lowest BCUT2D eigenvalue weighted by molar-refractivity contribution is 0.625. The molecule has 0 N–H and O–H groups in total. The van der Waals surface area contributed by atoms with Crippen LogP contribution in [-0.4, -0.2) is 0 Å². The van der Waals surface area contributed by atoms with Crippen LogP contribution >= 0.6 is 11.6 Å². The Morgan fingerprint density at radius 2 is 2.15 bits per heavy atom. The Morgan fingerprint density at radius 1 is 1.54 bits per heavy atom. The minimum Gasteiger partial charge on any atom is -0.205 e. The second-order valence-electron chi connectivity index (χ2n) is 2.93. The first-order chi connectivity index (χ1) is 6.07. The van der Waals surface area contributed by atoms with Crippen molar-refractivity contribution in [1.29, 1.82) is 5.26 Å². The van der Waals surface area contributed by atoms with Gasteiger partial charge in [0.1, 0.15) is 5.82 Å². The predicted molar refractivity (Wildman–Crippen MR) is 50.2 cm³/mol. The first-order valence-electron chi connectivity index (χ1n) is 3.92. The number of benzene rings is 1. The summed E-state index contributed by atoms with van der Waals surface area (Å²) in [5.41, 5.74) is 1.43. The first-order valence-corrected chi connectivity index (χ1v) is 4.29. The molecule has 0 aliphatic heterocycles. The summed E-state index contributed by atoms with van der Waals surface area (Å²) in [6.45, 7) is 3.48. The summed E-state index contributed by atoms with van der Waals surface area (Å²) in [5.74, 6) is -0.689. The molecule has 0 saturated carbocycles. The third-order valence-corrected chi connectivity index (χ3v) is 2.51. The zero-order valence-corrected chi connectivity index (χ0v) is 8.19. The molecule has 0 radical (unpaired) electrons. The maximum atomic E-state index is 12.9. The van der Waals surface area contributed by atoms with Crippen molar-refractivity contribution in [2.24, 2.45) is 0 Å². The zero-order valence-electron chi connectivity index (χ0n) is 7.44. The molecule has 0 saturated heterocycles. The van der Waals surface area contributed by atoms with E-state index in [4.69, 9.17) is 16.9 Å². The molecule has 0 aliphatic rings. The van der Waals surface area contributed by atoms with Gasteiger partial charge in [0.15, 0.2) is 0 Å². The van der Waals surface area contributed by atoms with Crippen LogP contribution < -0.4 is 0 Å². The van der Waals surface area contributed by atoms with E-state index in [9.17, 15) is 4.39 Å². The summed E-state index contributed by atoms with van der Waals surface area (Å²) in [4.78, 5) is 0. The summed E-state index contributed by atoms with van der Waals surface area (Å²) in [6, 6.07) is 4.98. The zero-order chi connectivity index (χ0) is 10.0. The smallest absolute Gasteiger partial charge is 0.142 e. The van der Waals surface area contributed by atoms with E-state index in [2.05, 4.69) is 6.07 Å². The fraction of sp³-hybridized carbons (Fsp3) is 0.300. The van der Waals surface area contributed by atoms with Crippen molar-refractivity contribution >= 4 is 11.6 Å². The van der Waals surface area contributed by atoms with E-state index in [-0.39, 0.29) is 10.9 Å². The van der Waals surface area contributed by atoms with Crippen LogP contribution in [0.25, 0.3) is 0 Å². The van der Waals surface area contributed by atoms with Crippen LogP contribution in [0.1, 0.15) is 24.0 Å². The Kier molecular flexibility index (Phi) is 2.90. The number of rotatable bonds is 1. The minimum absolute atomic E-state index is 0.111. The molecule has 1 nitrogen and oxygen atoms in total. The molecule has 3 heteroatoms. The molecule has 1 aromatic carbocycles. The van der Waals surface area contributed by atoms with Gasteiger partial charge in [0.05, 0.1) is 17.0 Å². The predicted octanol–water partition coefficient (Wildman–Crippen LogP) is 3.41. The summed E-state index contributed by atoms with van der Waals surface area (Å²) in [6.07, 6.45) is 0. The van der Waals surface area contributed by atoms with E-state index in [1.807, 2.05) is 0 Å². The molecule has 0 heterocycles. The van der Waals surface area contributed by atoms with Crippen molar-refractivity contribution in [2.45, 2.75) is 19.8 Å². The molecule has 0 spiro atoms. The van der Waals surface area contributed by atoms with Gasteiger partial charge in [-0.1, -0.05) is 17.7 Å². The molecule has 1 atom stereocenters. The second kappa shape index (κ2) is 3.76. The van der Waals surface area contributed by atoms with Gasteiger partial charge < -0.3 is 0 Å². The largest absolute Gasteiger partial charge is 0.205 e. The van der Waals surface area contributed by atoms with Gasteiger partial charge in [0.25, 0.3) is 0 Å². The maximum Gasteiger partial charge on any atom is 0.142 e. The van der Waals surface area contributed by atoms with Crippen LogP contribution in [0, 0.1) is 24.1 Å². The maximum absolute atomic E-state index is 12.9. The van der Waals surface area contributed by atoms with Crippen molar-refractivity contribution in [1.82, 2.24) is 0 Å². The molecule has 0 amide bonds. The Balaban J connectivity index is 3.28. The van der Waals surface area contributed by atoms with Gasteiger partial charge in [-0.3, -0.25) is 0 Å². The van der Waals surface area contributed by atoms with E-state index in [1.54, 1.807) is 19.9 Å². The standard InChI is InChI=1S/C10H9ClFN/c1-6(5-13)8-3-4-9(12)10(11)7(8)2/h3-4,6H,1-2H3. The third-order valence-electron chi connectivity index (χ3n) is 2.04. The van der Waals surface area contributed by atoms with Crippen LogP contribution in [-0.2, 0) is 0 Å². The van der Waals surface area contributed by atoms with Crippen molar-refractivity contribution in [3.05, 3.63) is 34.1 Å². The van der Waals surface area contributed by atoms with Crippen LogP contribution in [0.2, 0.25) is 5.02 Å². The normalized spacial score (nSPS) is 12.2. The molecule has 0 aliphatic carbocycles. The van der Waals surface area contributed by atoms with Crippen LogP contribution in [0.5, 0.6) is 0 Å². The van der Waals surface area contributed by atoms with Crippen LogP contribution in [0.3, 0.4) is 0 Å². The van der Waals surface area contributed by atoms with Crippen molar-refractivity contribution in [3.8, 4) is 6.07 Å². The van der Waals surface area contributed by atoms with E-state index in [0.717, 1.165) is 5.56 Å². The van der Waals surface area contributed by atoms with E-state index in [1.165, 1.54) is 6.07 Å². The molecular weight excluding hydrogens is 189 g/mol. The molecule has 13 heavy (non-hydrogen) atoms. The highest BCUT2D eigenvalue weighted by atomic mass is 35.5. The van der Waals surface area contributed by atoms with Crippen LogP contribution in [0.15, 0.2) is 12.1 Å². The molecule has 0 fully saturated rings. The lowest BCUT2D eigenvalue weighted by Gasteiger charge is -2.09. The van der Waals surface area contributed by atoms with Crippen molar-refractivity contribution in [3.63, 3.8) is 0 Å². The Bertz CT molecular complexity index is 368. The average molecular weight is 198 g/mol. The van der Waals surface area contributed by atoms with Crippen molar-refractivity contribution < 1.29 is 4.39 Å². The quantitative estimate of drug-likeness (QED) is 0.677. The van der Waals surface area contributed by atoms with Crippen molar-refractivity contribution in [2.75, 3.05) is 0 Å². The minimum atomic E-state index is -0.437. The van der Waals surface area contributed by atoms with Gasteiger partial charge in [-0.05, 0) is 31.0 Å². The van der Waals surface area contributed by atoms with Crippen LogP contribution in [0.4, 0.5) is 4.39 Å². The molecule has 1 unspecified atom stereocenters. The number of hydrogen-bond acceptors (Lipinski definition) is 1. The average Bonchev–Trinajstić information content (AvgIpc) is 2.13. The van der Waals surface area contributed by atoms with Gasteiger partial charge >= 0.3 is 0 Å². The summed E-state index contributed by atoms with van der Waals surface area (Å²) in [7, 11) is 0. The fourth-order valence-corrected chi connectivity index (χ4v) is 1.38. The summed E-state index contributed by atoms with van der Waals surface area (Å²) in [5, 5.41) is 8.80. The molecule has 0 aromatic heterocycles. The summed E-state index contributed by atoms with van der Waals surface area (Å²) < 4.78 is 12.9. The molecule has 0 bridgehead atoms. The number of halogens is 2. The van der Waals surface area contributed by atoms with E-state index < -0.39 is 5.82 Å². The lowest BCUT2D eigenvalue weighted by atomic mass is 9.98. The highest BCUT2D eigenvalue weighted by Gasteiger charge is 2.12. The van der Waals surface area contributed by atoms with Gasteiger partial charge in [0.2, 0.25) is 0 Å². The highest BCUT2D eigenvalue weighted by Crippen LogP contribution is 2.27. The van der Waals surface area contributed by atoms with Gasteiger partial charge in [-0.25, -0.2) is 4.39 Å². The molecule has 68 valence electrons. The Labute approximate surface area is 81.8 Å². The SMILES string of the molecule is Cc1c(C(C)C#N)ccc(F)c1Cl. The number of hydrogen-bond donors (Lipinski definition) is 0. The highest BCUT2D eigenvalue weighted by molar-refractivity contribution is 6.31. The Morgan fingerprint density at radius 3 is 2.69 bits per heavy atom. The van der Waals surface area contributed by atoms with Gasteiger partial charge in [0, 0.05) is 0 Å².